The Morgan fingerprint density at radius 1 is 1.24 bits per heavy atom. The van der Waals surface area contributed by atoms with Gasteiger partial charge in [-0.3, -0.25) is 9.36 Å². The molecule has 6 nitrogen and oxygen atoms in total. The molecule has 6 heteroatoms. The van der Waals surface area contributed by atoms with Gasteiger partial charge in [0.1, 0.15) is 0 Å². The summed E-state index contributed by atoms with van der Waals surface area (Å²) in [5, 5.41) is 0. The van der Waals surface area contributed by atoms with Gasteiger partial charge in [-0.1, -0.05) is 0 Å². The van der Waals surface area contributed by atoms with E-state index in [1.165, 1.54) is 16.8 Å². The van der Waals surface area contributed by atoms with E-state index in [1.54, 1.807) is 14.2 Å². The number of hydrogen-bond donors (Lipinski definition) is 0. The van der Waals surface area contributed by atoms with Crippen LogP contribution in [-0.4, -0.2) is 36.1 Å². The summed E-state index contributed by atoms with van der Waals surface area (Å²) in [5.41, 5.74) is -0.619. The minimum Gasteiger partial charge on any atom is -0.385 e. The molecule has 17 heavy (non-hydrogen) atoms. The Balaban J connectivity index is 2.45. The van der Waals surface area contributed by atoms with E-state index in [2.05, 4.69) is 0 Å². The predicted octanol–water partition coefficient (Wildman–Crippen LogP) is -0.400. The smallest absolute Gasteiger partial charge is 0.330 e. The van der Waals surface area contributed by atoms with E-state index in [9.17, 15) is 9.59 Å². The van der Waals surface area contributed by atoms with Crippen LogP contribution >= 0.6 is 0 Å². The van der Waals surface area contributed by atoms with Gasteiger partial charge in [-0.05, 0) is 6.42 Å². The lowest BCUT2D eigenvalue weighted by Gasteiger charge is -2.07. The number of aromatic nitrogens is 2. The Morgan fingerprint density at radius 3 is 2.71 bits per heavy atom. The largest absolute Gasteiger partial charge is 0.385 e. The topological polar surface area (TPSA) is 62.5 Å². The molecule has 0 aromatic carbocycles. The maximum Gasteiger partial charge on any atom is 0.330 e. The maximum atomic E-state index is 11.6. The summed E-state index contributed by atoms with van der Waals surface area (Å²) in [6.45, 7) is 1.84. The highest BCUT2D eigenvalue weighted by Crippen LogP contribution is 1.84. The SMILES string of the molecule is COCCCOCCn1c(=O)ccn(C)c1=O. The second-order valence-electron chi connectivity index (χ2n) is 3.66. The molecule has 0 saturated heterocycles. The highest BCUT2D eigenvalue weighted by atomic mass is 16.5. The third kappa shape index (κ3) is 4.16. The molecule has 1 rings (SSSR count). The minimum atomic E-state index is -0.321. The molecule has 0 aliphatic carbocycles. The van der Waals surface area contributed by atoms with Crippen molar-refractivity contribution in [1.82, 2.24) is 9.13 Å². The number of nitrogens with zero attached hydrogens (tertiary/aromatic N) is 2. The summed E-state index contributed by atoms with van der Waals surface area (Å²) >= 11 is 0. The standard InChI is InChI=1S/C11H18N2O4/c1-12-5-4-10(14)13(11(12)15)6-9-17-8-3-7-16-2/h4-5H,3,6-9H2,1-2H3. The molecule has 0 amide bonds. The van der Waals surface area contributed by atoms with Crippen LogP contribution in [0.1, 0.15) is 6.42 Å². The molecular formula is C11H18N2O4. The van der Waals surface area contributed by atoms with Crippen LogP contribution in [0.25, 0.3) is 0 Å². The number of aryl methyl sites for hydroxylation is 1. The monoisotopic (exact) mass is 242 g/mol. The highest BCUT2D eigenvalue weighted by Gasteiger charge is 2.01. The van der Waals surface area contributed by atoms with Crippen LogP contribution in [0.2, 0.25) is 0 Å². The molecule has 0 atom stereocenters. The molecule has 1 aromatic rings. The molecule has 96 valence electrons. The van der Waals surface area contributed by atoms with Gasteiger partial charge in [0, 0.05) is 39.6 Å². The molecule has 0 N–H and O–H groups in total. The van der Waals surface area contributed by atoms with Crippen molar-refractivity contribution in [3.63, 3.8) is 0 Å². The van der Waals surface area contributed by atoms with Gasteiger partial charge in [0.2, 0.25) is 0 Å². The van der Waals surface area contributed by atoms with Crippen molar-refractivity contribution in [2.45, 2.75) is 13.0 Å². The Labute approximate surface area is 99.4 Å². The molecular weight excluding hydrogens is 224 g/mol. The van der Waals surface area contributed by atoms with E-state index in [0.29, 0.717) is 19.8 Å². The van der Waals surface area contributed by atoms with E-state index < -0.39 is 0 Å². The van der Waals surface area contributed by atoms with Crippen LogP contribution in [0.5, 0.6) is 0 Å². The molecule has 0 radical (unpaired) electrons. The van der Waals surface area contributed by atoms with Gasteiger partial charge in [0.15, 0.2) is 0 Å². The Bertz CT molecular complexity index is 450. The third-order valence-electron chi connectivity index (χ3n) is 2.34. The van der Waals surface area contributed by atoms with E-state index in [4.69, 9.17) is 9.47 Å². The van der Waals surface area contributed by atoms with Gasteiger partial charge in [-0.2, -0.15) is 0 Å². The van der Waals surface area contributed by atoms with Gasteiger partial charge in [0.25, 0.3) is 5.56 Å². The van der Waals surface area contributed by atoms with Crippen molar-refractivity contribution in [3.05, 3.63) is 33.1 Å². The first-order valence-corrected chi connectivity index (χ1v) is 5.50. The van der Waals surface area contributed by atoms with E-state index in [0.717, 1.165) is 11.0 Å². The zero-order valence-corrected chi connectivity index (χ0v) is 10.2. The van der Waals surface area contributed by atoms with Gasteiger partial charge in [-0.15, -0.1) is 0 Å². The van der Waals surface area contributed by atoms with Crippen molar-refractivity contribution >= 4 is 0 Å². The molecule has 0 aliphatic heterocycles. The van der Waals surface area contributed by atoms with Crippen LogP contribution in [0.15, 0.2) is 21.9 Å². The summed E-state index contributed by atoms with van der Waals surface area (Å²) < 4.78 is 12.7. The summed E-state index contributed by atoms with van der Waals surface area (Å²) in [6.07, 6.45) is 2.26. The molecule has 0 spiro atoms. The van der Waals surface area contributed by atoms with Crippen molar-refractivity contribution in [2.24, 2.45) is 7.05 Å². The fourth-order valence-electron chi connectivity index (χ4n) is 1.38. The number of rotatable bonds is 7. The number of hydrogen-bond acceptors (Lipinski definition) is 4. The number of methoxy groups -OCH3 is 1. The van der Waals surface area contributed by atoms with Crippen LogP contribution in [0, 0.1) is 0 Å². The lowest BCUT2D eigenvalue weighted by molar-refractivity contribution is 0.0965. The van der Waals surface area contributed by atoms with Crippen LogP contribution in [0.3, 0.4) is 0 Å². The van der Waals surface area contributed by atoms with E-state index >= 15 is 0 Å². The fraction of sp³-hybridized carbons (Fsp3) is 0.636. The van der Waals surface area contributed by atoms with Crippen LogP contribution in [0.4, 0.5) is 0 Å². The first kappa shape index (κ1) is 13.7. The average Bonchev–Trinajstić information content (AvgIpc) is 2.32. The zero-order chi connectivity index (χ0) is 12.7. The van der Waals surface area contributed by atoms with Gasteiger partial charge in [0.05, 0.1) is 13.2 Å². The summed E-state index contributed by atoms with van der Waals surface area (Å²) in [4.78, 5) is 23.0. The van der Waals surface area contributed by atoms with E-state index in [-0.39, 0.29) is 17.8 Å². The molecule has 0 unspecified atom stereocenters. The van der Waals surface area contributed by atoms with Crippen LogP contribution in [-0.2, 0) is 23.1 Å². The quantitative estimate of drug-likeness (QED) is 0.610. The van der Waals surface area contributed by atoms with Crippen molar-refractivity contribution in [3.8, 4) is 0 Å². The highest BCUT2D eigenvalue weighted by molar-refractivity contribution is 4.85. The third-order valence-corrected chi connectivity index (χ3v) is 2.34. The Kier molecular flexibility index (Phi) is 5.65. The van der Waals surface area contributed by atoms with Crippen molar-refractivity contribution in [1.29, 1.82) is 0 Å². The lowest BCUT2D eigenvalue weighted by Crippen LogP contribution is -2.38. The van der Waals surface area contributed by atoms with Gasteiger partial charge >= 0.3 is 5.69 Å². The minimum absolute atomic E-state index is 0.277. The van der Waals surface area contributed by atoms with E-state index in [1.807, 2.05) is 0 Å². The maximum absolute atomic E-state index is 11.6. The Morgan fingerprint density at radius 2 is 2.00 bits per heavy atom. The molecule has 1 aromatic heterocycles. The molecule has 0 saturated carbocycles. The molecule has 1 heterocycles. The fourth-order valence-corrected chi connectivity index (χ4v) is 1.38. The summed E-state index contributed by atoms with van der Waals surface area (Å²) in [6, 6.07) is 1.37. The first-order valence-electron chi connectivity index (χ1n) is 5.50. The van der Waals surface area contributed by atoms with Crippen LogP contribution < -0.4 is 11.2 Å². The molecule has 0 fully saturated rings. The van der Waals surface area contributed by atoms with Gasteiger partial charge < -0.3 is 14.0 Å². The Hall–Kier alpha value is -1.40. The number of ether oxygens (including phenoxy) is 2. The second kappa shape index (κ2) is 7.03. The van der Waals surface area contributed by atoms with Crippen molar-refractivity contribution in [2.75, 3.05) is 26.9 Å². The zero-order valence-electron chi connectivity index (χ0n) is 10.2. The second-order valence-corrected chi connectivity index (χ2v) is 3.66. The average molecular weight is 242 g/mol. The predicted molar refractivity (Wildman–Crippen MR) is 63.3 cm³/mol. The normalized spacial score (nSPS) is 10.7. The van der Waals surface area contributed by atoms with Crippen molar-refractivity contribution < 1.29 is 9.47 Å². The van der Waals surface area contributed by atoms with Gasteiger partial charge in [-0.25, -0.2) is 4.79 Å². The summed E-state index contributed by atoms with van der Waals surface area (Å²) in [7, 11) is 3.24. The molecule has 0 bridgehead atoms. The summed E-state index contributed by atoms with van der Waals surface area (Å²) in [5.74, 6) is 0. The first-order chi connectivity index (χ1) is 8.16. The lowest BCUT2D eigenvalue weighted by atomic mass is 10.5. The molecule has 0 aliphatic rings.